The molecule has 1 amide bonds. The lowest BCUT2D eigenvalue weighted by molar-refractivity contribution is -0.116. The zero-order valence-electron chi connectivity index (χ0n) is 11.2. The van der Waals surface area contributed by atoms with Gasteiger partial charge in [-0.15, -0.1) is 0 Å². The molecule has 2 heterocycles. The Morgan fingerprint density at radius 1 is 1.25 bits per heavy atom. The highest BCUT2D eigenvalue weighted by Crippen LogP contribution is 2.13. The number of amides is 1. The van der Waals surface area contributed by atoms with E-state index in [0.717, 1.165) is 17.4 Å². The fourth-order valence-corrected chi connectivity index (χ4v) is 1.73. The van der Waals surface area contributed by atoms with E-state index in [-0.39, 0.29) is 18.9 Å². The quantitative estimate of drug-likeness (QED) is 0.606. The summed E-state index contributed by atoms with van der Waals surface area (Å²) in [6.45, 7) is 2.60. The van der Waals surface area contributed by atoms with E-state index >= 15 is 0 Å². The zero-order chi connectivity index (χ0) is 14.4. The third-order valence-electron chi connectivity index (χ3n) is 2.72. The number of nitrogens with one attached hydrogen (secondary N) is 2. The second kappa shape index (κ2) is 6.72. The van der Waals surface area contributed by atoms with Crippen LogP contribution in [0.15, 0.2) is 24.3 Å². The van der Waals surface area contributed by atoms with E-state index in [2.05, 4.69) is 20.6 Å². The van der Waals surface area contributed by atoms with Crippen LogP contribution in [0.5, 0.6) is 0 Å². The Balaban J connectivity index is 1.98. The fourth-order valence-electron chi connectivity index (χ4n) is 1.73. The van der Waals surface area contributed by atoms with Gasteiger partial charge in [0.25, 0.3) is 0 Å². The van der Waals surface area contributed by atoms with Gasteiger partial charge >= 0.3 is 0 Å². The molecule has 2 aromatic rings. The molecular weight excluding hydrogens is 256 g/mol. The Bertz CT molecular complexity index is 628. The molecule has 0 atom stereocenters. The van der Waals surface area contributed by atoms with Gasteiger partial charge in [-0.3, -0.25) is 4.79 Å². The number of hydrogen-bond acceptors (Lipinski definition) is 5. The summed E-state index contributed by atoms with van der Waals surface area (Å²) in [6, 6.07) is 7.48. The molecule has 0 fully saturated rings. The molecule has 104 valence electrons. The average Bonchev–Trinajstić information content (AvgIpc) is 2.43. The number of carbonyl (C=O) groups excluding carboxylic acids is 2. The molecule has 0 aromatic carbocycles. The van der Waals surface area contributed by atoms with Crippen LogP contribution in [0.2, 0.25) is 0 Å². The predicted octanol–water partition coefficient (Wildman–Crippen LogP) is 1.06. The molecule has 0 spiro atoms. The Hall–Kier alpha value is -2.34. The summed E-state index contributed by atoms with van der Waals surface area (Å²) in [6.07, 6.45) is 1.05. The molecule has 0 radical (unpaired) electrons. The van der Waals surface area contributed by atoms with Gasteiger partial charge in [-0.1, -0.05) is 0 Å². The highest BCUT2D eigenvalue weighted by atomic mass is 16.1. The first-order valence-corrected chi connectivity index (χ1v) is 6.37. The number of aromatic nitrogens is 2. The average molecular weight is 272 g/mol. The highest BCUT2D eigenvalue weighted by Gasteiger charge is 2.04. The van der Waals surface area contributed by atoms with Crippen molar-refractivity contribution in [1.29, 1.82) is 0 Å². The summed E-state index contributed by atoms with van der Waals surface area (Å²) < 4.78 is 0. The Morgan fingerprint density at radius 2 is 2.05 bits per heavy atom. The summed E-state index contributed by atoms with van der Waals surface area (Å²) in [5.41, 5.74) is 1.49. The van der Waals surface area contributed by atoms with Gasteiger partial charge in [0.15, 0.2) is 5.65 Å². The molecular formula is C14H16N4O2. The maximum Gasteiger partial charge on any atom is 0.226 e. The van der Waals surface area contributed by atoms with Crippen molar-refractivity contribution in [3.63, 3.8) is 0 Å². The molecule has 20 heavy (non-hydrogen) atoms. The van der Waals surface area contributed by atoms with Gasteiger partial charge in [0.2, 0.25) is 5.91 Å². The van der Waals surface area contributed by atoms with Gasteiger partial charge in [-0.05, 0) is 31.2 Å². The van der Waals surface area contributed by atoms with Crippen LogP contribution in [0.25, 0.3) is 11.0 Å². The van der Waals surface area contributed by atoms with Crippen molar-refractivity contribution in [1.82, 2.24) is 15.3 Å². The third-order valence-corrected chi connectivity index (χ3v) is 2.72. The number of fused-ring (bicyclic) bond motifs is 1. The first-order valence-electron chi connectivity index (χ1n) is 6.37. The molecule has 0 saturated carbocycles. The van der Waals surface area contributed by atoms with E-state index in [1.807, 2.05) is 25.1 Å². The third kappa shape index (κ3) is 3.83. The lowest BCUT2D eigenvalue weighted by atomic mass is 10.2. The maximum atomic E-state index is 11.7. The topological polar surface area (TPSA) is 84.0 Å². The van der Waals surface area contributed by atoms with Crippen LogP contribution in [0.1, 0.15) is 12.1 Å². The lowest BCUT2D eigenvalue weighted by Crippen LogP contribution is -2.23. The molecule has 6 nitrogen and oxygen atoms in total. The normalized spacial score (nSPS) is 10.4. The standard InChI is InChI=1S/C14H16N4O2/c1-10-2-3-11-4-5-12(18-14(11)16-10)17-13(20)6-7-15-8-9-19/h2-5,9,15H,6-8H2,1H3,(H,16,17,18,20). The maximum absolute atomic E-state index is 11.7. The summed E-state index contributed by atoms with van der Waals surface area (Å²) in [7, 11) is 0. The lowest BCUT2D eigenvalue weighted by Gasteiger charge is -2.06. The summed E-state index contributed by atoms with van der Waals surface area (Å²) >= 11 is 0. The minimum atomic E-state index is -0.150. The fraction of sp³-hybridized carbons (Fsp3) is 0.286. The number of pyridine rings is 2. The van der Waals surface area contributed by atoms with Crippen LogP contribution in [0.3, 0.4) is 0 Å². The smallest absolute Gasteiger partial charge is 0.226 e. The van der Waals surface area contributed by atoms with Gasteiger partial charge in [0.05, 0.1) is 6.54 Å². The Kier molecular flexibility index (Phi) is 4.73. The molecule has 0 unspecified atom stereocenters. The molecule has 0 saturated heterocycles. The molecule has 2 rings (SSSR count). The minimum absolute atomic E-state index is 0.150. The van der Waals surface area contributed by atoms with Crippen LogP contribution >= 0.6 is 0 Å². The van der Waals surface area contributed by atoms with Crippen molar-refractivity contribution in [3.8, 4) is 0 Å². The SMILES string of the molecule is Cc1ccc2ccc(NC(=O)CCNCC=O)nc2n1. The number of nitrogens with zero attached hydrogens (tertiary/aromatic N) is 2. The number of aryl methyl sites for hydroxylation is 1. The highest BCUT2D eigenvalue weighted by molar-refractivity contribution is 5.91. The van der Waals surface area contributed by atoms with Crippen molar-refractivity contribution < 1.29 is 9.59 Å². The summed E-state index contributed by atoms with van der Waals surface area (Å²) in [5, 5.41) is 6.47. The van der Waals surface area contributed by atoms with Gasteiger partial charge in [0.1, 0.15) is 12.1 Å². The van der Waals surface area contributed by atoms with E-state index in [1.54, 1.807) is 6.07 Å². The Morgan fingerprint density at radius 3 is 2.85 bits per heavy atom. The zero-order valence-corrected chi connectivity index (χ0v) is 11.2. The molecule has 0 aliphatic carbocycles. The Labute approximate surface area is 116 Å². The van der Waals surface area contributed by atoms with E-state index in [9.17, 15) is 9.59 Å². The van der Waals surface area contributed by atoms with Crippen molar-refractivity contribution in [3.05, 3.63) is 30.0 Å². The second-order valence-electron chi connectivity index (χ2n) is 4.36. The predicted molar refractivity (Wildman–Crippen MR) is 76.5 cm³/mol. The van der Waals surface area contributed by atoms with Gasteiger partial charge in [-0.2, -0.15) is 0 Å². The van der Waals surface area contributed by atoms with Crippen LogP contribution in [-0.2, 0) is 9.59 Å². The van der Waals surface area contributed by atoms with Crippen LogP contribution in [-0.4, -0.2) is 35.3 Å². The molecule has 0 aliphatic rings. The van der Waals surface area contributed by atoms with Gasteiger partial charge in [0, 0.05) is 24.0 Å². The number of hydrogen-bond donors (Lipinski definition) is 2. The van der Waals surface area contributed by atoms with Crippen LogP contribution in [0.4, 0.5) is 5.82 Å². The number of anilines is 1. The van der Waals surface area contributed by atoms with Crippen molar-refractivity contribution in [2.45, 2.75) is 13.3 Å². The largest absolute Gasteiger partial charge is 0.311 e. The number of carbonyl (C=O) groups is 2. The van der Waals surface area contributed by atoms with Crippen molar-refractivity contribution in [2.75, 3.05) is 18.4 Å². The van der Waals surface area contributed by atoms with Gasteiger partial charge in [-0.25, -0.2) is 9.97 Å². The molecule has 0 bridgehead atoms. The number of rotatable bonds is 6. The van der Waals surface area contributed by atoms with Crippen molar-refractivity contribution >= 4 is 29.0 Å². The second-order valence-corrected chi connectivity index (χ2v) is 4.36. The molecule has 2 N–H and O–H groups in total. The molecule has 0 aliphatic heterocycles. The minimum Gasteiger partial charge on any atom is -0.311 e. The first-order chi connectivity index (χ1) is 9.69. The monoisotopic (exact) mass is 272 g/mol. The van der Waals surface area contributed by atoms with Crippen LogP contribution in [0, 0.1) is 6.92 Å². The number of aldehydes is 1. The summed E-state index contributed by atoms with van der Waals surface area (Å²) in [4.78, 5) is 30.4. The van der Waals surface area contributed by atoms with E-state index in [4.69, 9.17) is 0 Å². The van der Waals surface area contributed by atoms with Crippen LogP contribution < -0.4 is 10.6 Å². The van der Waals surface area contributed by atoms with E-state index in [1.165, 1.54) is 0 Å². The van der Waals surface area contributed by atoms with Crippen molar-refractivity contribution in [2.24, 2.45) is 0 Å². The van der Waals surface area contributed by atoms with Gasteiger partial charge < -0.3 is 15.4 Å². The molecule has 6 heteroatoms. The van der Waals surface area contributed by atoms with E-state index < -0.39 is 0 Å². The molecule has 2 aromatic heterocycles. The summed E-state index contributed by atoms with van der Waals surface area (Å²) in [5.74, 6) is 0.332. The van der Waals surface area contributed by atoms with E-state index in [0.29, 0.717) is 18.0 Å². The first kappa shape index (κ1) is 14.1.